The number of nitrogens with one attached hydrogen (secondary N) is 1. The van der Waals surface area contributed by atoms with Crippen molar-refractivity contribution in [1.82, 2.24) is 14.8 Å². The highest BCUT2D eigenvalue weighted by Crippen LogP contribution is 2.44. The van der Waals surface area contributed by atoms with Crippen molar-refractivity contribution in [2.24, 2.45) is 5.92 Å². The fourth-order valence-corrected chi connectivity index (χ4v) is 5.83. The number of hydrogen-bond donors (Lipinski definition) is 1. The fraction of sp³-hybridized carbons (Fsp3) is 0.517. The molecule has 200 valence electrons. The van der Waals surface area contributed by atoms with Crippen LogP contribution in [0.25, 0.3) is 10.9 Å². The van der Waals surface area contributed by atoms with Crippen LogP contribution in [0, 0.1) is 17.6 Å². The first kappa shape index (κ1) is 26.0. The molecule has 2 atom stereocenters. The Hall–Kier alpha value is -2.58. The molecule has 0 amide bonds. The van der Waals surface area contributed by atoms with Gasteiger partial charge in [0.2, 0.25) is 0 Å². The minimum absolute atomic E-state index is 0.110. The molecule has 37 heavy (non-hydrogen) atoms. The van der Waals surface area contributed by atoms with Gasteiger partial charge in [-0.05, 0) is 37.8 Å². The van der Waals surface area contributed by atoms with Crippen molar-refractivity contribution in [1.29, 1.82) is 0 Å². The van der Waals surface area contributed by atoms with E-state index in [9.17, 15) is 8.78 Å². The third-order valence-corrected chi connectivity index (χ3v) is 7.71. The molecule has 0 aliphatic carbocycles. The highest BCUT2D eigenvalue weighted by Gasteiger charge is 2.42. The summed E-state index contributed by atoms with van der Waals surface area (Å²) in [6.07, 6.45) is 1.47. The Kier molecular flexibility index (Phi) is 7.24. The number of hydrogen-bond acceptors (Lipinski definition) is 3. The van der Waals surface area contributed by atoms with Crippen LogP contribution in [-0.4, -0.2) is 66.0 Å². The van der Waals surface area contributed by atoms with Crippen LogP contribution >= 0.6 is 0 Å². The molecular formula is C29H35F4N3O. The molecule has 2 aliphatic heterocycles. The number of para-hydroxylation sites is 1. The average molecular weight is 518 g/mol. The van der Waals surface area contributed by atoms with Gasteiger partial charge in [0.15, 0.2) is 0 Å². The van der Waals surface area contributed by atoms with Gasteiger partial charge in [-0.25, -0.2) is 17.6 Å². The molecule has 2 aromatic carbocycles. The number of fused-ring (bicyclic) bond motifs is 3. The molecule has 0 saturated carbocycles. The zero-order valence-corrected chi connectivity index (χ0v) is 21.7. The second-order valence-electron chi connectivity index (χ2n) is 11.1. The van der Waals surface area contributed by atoms with E-state index in [0.717, 1.165) is 36.0 Å². The first-order valence-corrected chi connectivity index (χ1v) is 13.1. The van der Waals surface area contributed by atoms with Gasteiger partial charge in [0.1, 0.15) is 36.3 Å². The number of rotatable bonds is 9. The van der Waals surface area contributed by atoms with Gasteiger partial charge in [0.25, 0.3) is 0 Å². The van der Waals surface area contributed by atoms with Gasteiger partial charge < -0.3 is 9.72 Å². The molecule has 2 aliphatic rings. The second kappa shape index (κ2) is 10.3. The van der Waals surface area contributed by atoms with Crippen molar-refractivity contribution >= 4 is 10.9 Å². The predicted octanol–water partition coefficient (Wildman–Crippen LogP) is 6.20. The maximum absolute atomic E-state index is 15.7. The Balaban J connectivity index is 1.49. The monoisotopic (exact) mass is 517 g/mol. The van der Waals surface area contributed by atoms with Gasteiger partial charge in [0.05, 0.1) is 6.04 Å². The molecule has 0 unspecified atom stereocenters. The third kappa shape index (κ3) is 5.23. The van der Waals surface area contributed by atoms with E-state index in [4.69, 9.17) is 4.74 Å². The lowest BCUT2D eigenvalue weighted by atomic mass is 9.87. The highest BCUT2D eigenvalue weighted by molar-refractivity contribution is 5.85. The van der Waals surface area contributed by atoms with Gasteiger partial charge in [-0.15, -0.1) is 0 Å². The Bertz CT molecular complexity index is 1220. The molecule has 3 heterocycles. The fourth-order valence-electron chi connectivity index (χ4n) is 5.83. The number of likely N-dealkylation sites (tertiary alicyclic amines) is 1. The number of alkyl halides is 2. The van der Waals surface area contributed by atoms with E-state index in [1.165, 1.54) is 26.0 Å². The lowest BCUT2D eigenvalue weighted by Gasteiger charge is -2.43. The summed E-state index contributed by atoms with van der Waals surface area (Å²) in [5.41, 5.74) is 0.267. The molecule has 0 spiro atoms. The van der Waals surface area contributed by atoms with Crippen LogP contribution in [0.4, 0.5) is 17.6 Å². The van der Waals surface area contributed by atoms with Crippen molar-refractivity contribution in [2.75, 3.05) is 39.5 Å². The number of halogens is 4. The first-order chi connectivity index (χ1) is 17.7. The van der Waals surface area contributed by atoms with Crippen LogP contribution in [-0.2, 0) is 6.42 Å². The SMILES string of the molecule is CCC1CN(CCOc2cc(F)c([C@@H]3c4[nH]c5ccccc5c4C[C@@H](CF)N3CC(C)(C)F)c(F)c2)C1. The summed E-state index contributed by atoms with van der Waals surface area (Å²) >= 11 is 0. The number of H-pyrrole nitrogens is 1. The highest BCUT2D eigenvalue weighted by atomic mass is 19.1. The van der Waals surface area contributed by atoms with Crippen LogP contribution in [0.5, 0.6) is 5.75 Å². The van der Waals surface area contributed by atoms with Crippen LogP contribution in [0.2, 0.25) is 0 Å². The van der Waals surface area contributed by atoms with Crippen LogP contribution in [0.3, 0.4) is 0 Å². The molecule has 1 N–H and O–H groups in total. The largest absolute Gasteiger partial charge is 0.492 e. The normalized spacial score (nSPS) is 21.3. The van der Waals surface area contributed by atoms with E-state index in [1.54, 1.807) is 4.90 Å². The summed E-state index contributed by atoms with van der Waals surface area (Å²) in [6.45, 7) is 7.09. The number of ether oxygens (including phenoxy) is 1. The Labute approximate surface area is 215 Å². The summed E-state index contributed by atoms with van der Waals surface area (Å²) < 4.78 is 66.3. The minimum Gasteiger partial charge on any atom is -0.492 e. The molecular weight excluding hydrogens is 482 g/mol. The third-order valence-electron chi connectivity index (χ3n) is 7.71. The number of nitrogens with zero attached hydrogens (tertiary/aromatic N) is 2. The van der Waals surface area contributed by atoms with Crippen molar-refractivity contribution < 1.29 is 22.3 Å². The number of benzene rings is 2. The zero-order chi connectivity index (χ0) is 26.3. The molecule has 0 radical (unpaired) electrons. The summed E-state index contributed by atoms with van der Waals surface area (Å²) in [6, 6.07) is 8.18. The van der Waals surface area contributed by atoms with E-state index >= 15 is 8.78 Å². The van der Waals surface area contributed by atoms with Crippen molar-refractivity contribution in [3.05, 3.63) is 64.9 Å². The Morgan fingerprint density at radius 1 is 1.11 bits per heavy atom. The molecule has 4 nitrogen and oxygen atoms in total. The van der Waals surface area contributed by atoms with Gasteiger partial charge in [-0.2, -0.15) is 0 Å². The van der Waals surface area contributed by atoms with Crippen molar-refractivity contribution in [3.63, 3.8) is 0 Å². The maximum atomic E-state index is 15.7. The molecule has 1 fully saturated rings. The lowest BCUT2D eigenvalue weighted by Crippen LogP contribution is -2.50. The average Bonchev–Trinajstić information content (AvgIpc) is 3.18. The van der Waals surface area contributed by atoms with E-state index in [0.29, 0.717) is 31.2 Å². The van der Waals surface area contributed by atoms with Gasteiger partial charge >= 0.3 is 0 Å². The van der Waals surface area contributed by atoms with Gasteiger partial charge in [-0.3, -0.25) is 9.80 Å². The van der Waals surface area contributed by atoms with E-state index in [1.807, 2.05) is 24.3 Å². The van der Waals surface area contributed by atoms with Crippen LogP contribution < -0.4 is 4.74 Å². The predicted molar refractivity (Wildman–Crippen MR) is 138 cm³/mol. The van der Waals surface area contributed by atoms with Crippen LogP contribution in [0.15, 0.2) is 36.4 Å². The topological polar surface area (TPSA) is 31.5 Å². The van der Waals surface area contributed by atoms with E-state index in [-0.39, 0.29) is 17.9 Å². The van der Waals surface area contributed by atoms with Gasteiger partial charge in [0, 0.05) is 66.5 Å². The summed E-state index contributed by atoms with van der Waals surface area (Å²) in [4.78, 5) is 7.12. The van der Waals surface area contributed by atoms with Crippen molar-refractivity contribution in [2.45, 2.75) is 51.4 Å². The minimum atomic E-state index is -1.70. The summed E-state index contributed by atoms with van der Waals surface area (Å²) in [5.74, 6) is -0.760. The lowest BCUT2D eigenvalue weighted by molar-refractivity contribution is 0.0476. The Morgan fingerprint density at radius 2 is 1.81 bits per heavy atom. The molecule has 3 aromatic rings. The van der Waals surface area contributed by atoms with E-state index in [2.05, 4.69) is 16.8 Å². The summed E-state index contributed by atoms with van der Waals surface area (Å²) in [7, 11) is 0. The maximum Gasteiger partial charge on any atom is 0.135 e. The standard InChI is InChI=1S/C29H35F4N3O/c1-4-18-15-35(16-18)9-10-37-20-12-23(31)26(24(32)13-20)28-27-22(21-7-5-6-8-25(21)34-27)11-19(14-30)36(28)17-29(2,3)33/h5-8,12-13,18-19,28,34H,4,9-11,14-17H2,1-3H3/t19-,28+/m0/s1. The van der Waals surface area contributed by atoms with Crippen LogP contribution in [0.1, 0.15) is 50.1 Å². The van der Waals surface area contributed by atoms with Crippen molar-refractivity contribution in [3.8, 4) is 5.75 Å². The number of aromatic amines is 1. The van der Waals surface area contributed by atoms with Gasteiger partial charge in [-0.1, -0.05) is 31.5 Å². The molecule has 5 rings (SSSR count). The smallest absolute Gasteiger partial charge is 0.135 e. The number of aromatic nitrogens is 1. The Morgan fingerprint density at radius 3 is 2.46 bits per heavy atom. The zero-order valence-electron chi connectivity index (χ0n) is 21.7. The second-order valence-corrected chi connectivity index (χ2v) is 11.1. The molecule has 0 bridgehead atoms. The summed E-state index contributed by atoms with van der Waals surface area (Å²) in [5, 5.41) is 0.886. The molecule has 1 aromatic heterocycles. The molecule has 1 saturated heterocycles. The molecule has 8 heteroatoms. The quantitative estimate of drug-likeness (QED) is 0.343. The first-order valence-electron chi connectivity index (χ1n) is 13.1. The van der Waals surface area contributed by atoms with E-state index < -0.39 is 36.1 Å².